The molecule has 9 nitrogen and oxygen atoms in total. The van der Waals surface area contributed by atoms with Crippen LogP contribution in [0.25, 0.3) is 0 Å². The minimum atomic E-state index is -2.16. The van der Waals surface area contributed by atoms with Gasteiger partial charge in [-0.3, -0.25) is 29.4 Å². The first-order chi connectivity index (χ1) is 19.6. The van der Waals surface area contributed by atoms with Gasteiger partial charge in [-0.05, 0) is 71.9 Å². The second kappa shape index (κ2) is 15.6. The van der Waals surface area contributed by atoms with Gasteiger partial charge in [0.25, 0.3) is 0 Å². The average Bonchev–Trinajstić information content (AvgIpc) is 2.90. The highest BCUT2D eigenvalue weighted by Crippen LogP contribution is 2.24. The summed E-state index contributed by atoms with van der Waals surface area (Å²) in [5, 5.41) is 17.6. The molecule has 0 spiro atoms. The highest BCUT2D eigenvalue weighted by molar-refractivity contribution is 6.03. The smallest absolute Gasteiger partial charge is 0.241 e. The molecule has 0 bridgehead atoms. The first-order valence-electron chi connectivity index (χ1n) is 15.7. The maximum absolute atomic E-state index is 13.5. The minimum Gasteiger partial charge on any atom is -0.391 e. The summed E-state index contributed by atoms with van der Waals surface area (Å²) in [6, 6.07) is -2.54. The molecule has 3 N–H and O–H groups in total. The topological polar surface area (TPSA) is 119 Å². The van der Waals surface area contributed by atoms with Crippen LogP contribution >= 0.6 is 0 Å². The molecule has 1 amide bonds. The van der Waals surface area contributed by atoms with Crippen LogP contribution in [0.3, 0.4) is 0 Å². The third-order valence-electron chi connectivity index (χ3n) is 7.90. The fraction of sp³-hybridized carbons (Fsp3) is 0.733. The number of likely N-dealkylation sites (N-methyl/N-ethyl adjacent to an activating group) is 1. The summed E-state index contributed by atoms with van der Waals surface area (Å²) in [4.78, 5) is 56.0. The van der Waals surface area contributed by atoms with Crippen LogP contribution < -0.4 is 10.6 Å². The molecule has 39 heavy (non-hydrogen) atoms. The van der Waals surface area contributed by atoms with Crippen molar-refractivity contribution in [3.05, 3.63) is 24.3 Å². The molecule has 0 aromatic carbocycles. The van der Waals surface area contributed by atoms with Gasteiger partial charge in [-0.25, -0.2) is 0 Å². The fourth-order valence-corrected chi connectivity index (χ4v) is 5.36. The summed E-state index contributed by atoms with van der Waals surface area (Å²) in [5.41, 5.74) is 0. The number of hydrogen-bond acceptors (Lipinski definition) is 8. The Morgan fingerprint density at radius 2 is 1.77 bits per heavy atom. The number of fused-ring (bicyclic) bond motifs is 1. The second-order valence-corrected chi connectivity index (χ2v) is 11.3. The van der Waals surface area contributed by atoms with Crippen molar-refractivity contribution in [2.75, 3.05) is 20.1 Å². The summed E-state index contributed by atoms with van der Waals surface area (Å²) in [6.45, 7) is 7.85. The maximum Gasteiger partial charge on any atom is 0.241 e. The zero-order chi connectivity index (χ0) is 31.8. The van der Waals surface area contributed by atoms with Gasteiger partial charge in [0.05, 0.1) is 30.3 Å². The van der Waals surface area contributed by atoms with Gasteiger partial charge < -0.3 is 15.3 Å². The molecule has 2 saturated heterocycles. The van der Waals surface area contributed by atoms with E-state index >= 15 is 0 Å². The number of ketones is 3. The van der Waals surface area contributed by atoms with E-state index in [4.69, 9.17) is 4.11 Å². The Hall–Kier alpha value is -2.20. The summed E-state index contributed by atoms with van der Waals surface area (Å²) >= 11 is 0. The molecule has 7 atom stereocenters. The zero-order valence-corrected chi connectivity index (χ0v) is 24.4. The SMILES string of the molecule is [2H]C([2H])([2H])/C=C/C=C/C[C@@H](C)[C@@H](O)[C@H]1C(=O)CCCC(=O)[C@H](C(C)C)NC2C(=O)[C@@H](C)N2C(=O)[C@@H](C)NCCCN1C. The highest BCUT2D eigenvalue weighted by atomic mass is 16.3. The lowest BCUT2D eigenvalue weighted by Crippen LogP contribution is -2.74. The molecule has 0 aromatic rings. The number of hydrogen-bond donors (Lipinski definition) is 3. The molecule has 220 valence electrons. The molecule has 9 heteroatoms. The van der Waals surface area contributed by atoms with Crippen molar-refractivity contribution in [1.29, 1.82) is 0 Å². The van der Waals surface area contributed by atoms with Crippen LogP contribution in [0.2, 0.25) is 0 Å². The summed E-state index contributed by atoms with van der Waals surface area (Å²) in [7, 11) is 1.79. The van der Waals surface area contributed by atoms with E-state index in [1.165, 1.54) is 11.0 Å². The van der Waals surface area contributed by atoms with Gasteiger partial charge >= 0.3 is 0 Å². The van der Waals surface area contributed by atoms with Gasteiger partial charge in [0.2, 0.25) is 5.91 Å². The molecule has 1 unspecified atom stereocenters. The van der Waals surface area contributed by atoms with E-state index in [0.29, 0.717) is 32.4 Å². The predicted octanol–water partition coefficient (Wildman–Crippen LogP) is 2.24. The lowest BCUT2D eigenvalue weighted by molar-refractivity contribution is -0.162. The van der Waals surface area contributed by atoms with Crippen molar-refractivity contribution in [2.24, 2.45) is 11.8 Å². The first-order valence-corrected chi connectivity index (χ1v) is 14.2. The standard InChI is InChI=1S/C30H50N4O5/c1-8-9-10-11-14-20(4)27(37)26-24(36)16-12-15-23(35)25(19(2)3)32-29-28(38)22(6)34(29)30(39)21(5)31-17-13-18-33(26)7/h8-11,19-22,25-27,29,31-32,37H,12-18H2,1-7H3/b9-8+,11-10+/t20-,21-,22-,25+,26-,27-,29?/m1/s1/i1D3. The average molecular weight is 550 g/mol. The molecule has 0 aliphatic carbocycles. The van der Waals surface area contributed by atoms with Gasteiger partial charge in [-0.2, -0.15) is 0 Å². The van der Waals surface area contributed by atoms with Gasteiger partial charge in [0.15, 0.2) is 11.6 Å². The Kier molecular flexibility index (Phi) is 11.3. The number of carbonyl (C=O) groups excluding carboxylic acids is 4. The zero-order valence-electron chi connectivity index (χ0n) is 27.4. The van der Waals surface area contributed by atoms with E-state index in [0.717, 1.165) is 6.08 Å². The van der Waals surface area contributed by atoms with Crippen LogP contribution in [0.15, 0.2) is 24.3 Å². The van der Waals surface area contributed by atoms with Crippen LogP contribution in [0.1, 0.15) is 77.7 Å². The number of carbonyl (C=O) groups is 4. The van der Waals surface area contributed by atoms with Gasteiger partial charge in [0, 0.05) is 17.0 Å². The van der Waals surface area contributed by atoms with Crippen molar-refractivity contribution in [1.82, 2.24) is 20.4 Å². The molecular weight excluding hydrogens is 496 g/mol. The number of aliphatic hydroxyl groups is 1. The molecule has 0 radical (unpaired) electrons. The number of aliphatic hydroxyl groups excluding tert-OH is 1. The molecule has 2 fully saturated rings. The second-order valence-electron chi connectivity index (χ2n) is 11.3. The molecule has 2 aliphatic rings. The highest BCUT2D eigenvalue weighted by Gasteiger charge is 2.49. The van der Waals surface area contributed by atoms with Gasteiger partial charge in [-0.15, -0.1) is 0 Å². The van der Waals surface area contributed by atoms with E-state index in [-0.39, 0.29) is 47.9 Å². The largest absolute Gasteiger partial charge is 0.391 e. The molecular formula is C30H50N4O5. The van der Waals surface area contributed by atoms with Gasteiger partial charge in [0.1, 0.15) is 11.9 Å². The van der Waals surface area contributed by atoms with Gasteiger partial charge in [-0.1, -0.05) is 45.1 Å². The fourth-order valence-electron chi connectivity index (χ4n) is 5.36. The Bertz CT molecular complexity index is 1020. The monoisotopic (exact) mass is 549 g/mol. The Morgan fingerprint density at radius 1 is 1.08 bits per heavy atom. The van der Waals surface area contributed by atoms with E-state index in [1.807, 2.05) is 25.7 Å². The number of nitrogens with zero attached hydrogens (tertiary/aromatic N) is 2. The Balaban J connectivity index is 2.21. The van der Waals surface area contributed by atoms with Crippen LogP contribution in [-0.4, -0.2) is 94.7 Å². The summed E-state index contributed by atoms with van der Waals surface area (Å²) in [6.07, 6.45) is 5.75. The van der Waals surface area contributed by atoms with Crippen molar-refractivity contribution < 1.29 is 28.4 Å². The third kappa shape index (κ3) is 8.64. The van der Waals surface area contributed by atoms with E-state index in [1.54, 1.807) is 33.0 Å². The lowest BCUT2D eigenvalue weighted by Gasteiger charge is -2.48. The predicted molar refractivity (Wildman–Crippen MR) is 153 cm³/mol. The molecule has 2 heterocycles. The van der Waals surface area contributed by atoms with Crippen molar-refractivity contribution in [3.8, 4) is 0 Å². The molecule has 0 aromatic heterocycles. The number of allylic oxidation sites excluding steroid dienone is 4. The third-order valence-corrected chi connectivity index (χ3v) is 7.90. The number of nitrogens with one attached hydrogen (secondary N) is 2. The Morgan fingerprint density at radius 3 is 2.44 bits per heavy atom. The number of Topliss-reactive ketones (excluding diaryl/α,β-unsaturated/α-hetero) is 3. The summed E-state index contributed by atoms with van der Waals surface area (Å²) < 4.78 is 21.7. The Labute approximate surface area is 238 Å². The van der Waals surface area contributed by atoms with E-state index in [9.17, 15) is 24.3 Å². The normalized spacial score (nSPS) is 32.5. The molecule has 2 rings (SSSR count). The van der Waals surface area contributed by atoms with Crippen molar-refractivity contribution in [2.45, 2.75) is 110 Å². The molecule has 2 aliphatic heterocycles. The van der Waals surface area contributed by atoms with Crippen LogP contribution in [0.4, 0.5) is 0 Å². The van der Waals surface area contributed by atoms with Crippen molar-refractivity contribution >= 4 is 23.3 Å². The van der Waals surface area contributed by atoms with Crippen LogP contribution in [0, 0.1) is 11.8 Å². The quantitative estimate of drug-likeness (QED) is 0.432. The maximum atomic E-state index is 13.5. The first kappa shape index (κ1) is 28.3. The minimum absolute atomic E-state index is 0.117. The lowest BCUT2D eigenvalue weighted by atomic mass is 9.88. The molecule has 0 saturated carbocycles. The summed E-state index contributed by atoms with van der Waals surface area (Å²) in [5.74, 6) is -1.04. The van der Waals surface area contributed by atoms with Crippen molar-refractivity contribution in [3.63, 3.8) is 0 Å². The number of amides is 1. The van der Waals surface area contributed by atoms with Crippen LogP contribution in [-0.2, 0) is 19.2 Å². The van der Waals surface area contributed by atoms with E-state index in [2.05, 4.69) is 10.6 Å². The van der Waals surface area contributed by atoms with E-state index < -0.39 is 43.3 Å². The number of rotatable bonds is 6. The van der Waals surface area contributed by atoms with Crippen LogP contribution in [0.5, 0.6) is 0 Å².